The number of hydrogen-bond acceptors (Lipinski definition) is 7. The number of carbonyl (C=O) groups excluding carboxylic acids is 1. The third-order valence-corrected chi connectivity index (χ3v) is 4.73. The van der Waals surface area contributed by atoms with E-state index in [-0.39, 0.29) is 5.91 Å². The number of tetrazole rings is 1. The number of carbonyl (C=O) groups is 1. The van der Waals surface area contributed by atoms with E-state index in [0.29, 0.717) is 23.6 Å². The first-order chi connectivity index (χ1) is 13.7. The summed E-state index contributed by atoms with van der Waals surface area (Å²) >= 11 is 1.57. The Bertz CT molecular complexity index is 1080. The Labute approximate surface area is 164 Å². The normalized spacial score (nSPS) is 10.6. The van der Waals surface area contributed by atoms with E-state index in [2.05, 4.69) is 25.8 Å². The topological polar surface area (TPSA) is 94.8 Å². The Balaban J connectivity index is 1.46. The number of nitrogens with zero attached hydrogens (tertiary/aromatic N) is 5. The van der Waals surface area contributed by atoms with Gasteiger partial charge in [0.05, 0.1) is 22.0 Å². The van der Waals surface area contributed by atoms with Crippen LogP contribution in [0.3, 0.4) is 0 Å². The maximum atomic E-state index is 12.7. The highest BCUT2D eigenvalue weighted by atomic mass is 32.1. The van der Waals surface area contributed by atoms with Crippen LogP contribution in [0.2, 0.25) is 0 Å². The fourth-order valence-corrected chi connectivity index (χ4v) is 3.18. The molecule has 2 aromatic carbocycles. The molecule has 0 aliphatic carbocycles. The molecule has 0 saturated carbocycles. The third-order valence-electron chi connectivity index (χ3n) is 3.91. The monoisotopic (exact) mass is 392 g/mol. The lowest BCUT2D eigenvalue weighted by atomic mass is 10.2. The molecule has 1 N–H and O–H groups in total. The number of para-hydroxylation sites is 1. The van der Waals surface area contributed by atoms with Gasteiger partial charge in [-0.3, -0.25) is 4.79 Å². The second-order valence-electron chi connectivity index (χ2n) is 5.90. The number of benzene rings is 2. The van der Waals surface area contributed by atoms with Gasteiger partial charge in [-0.2, -0.15) is 0 Å². The lowest BCUT2D eigenvalue weighted by Gasteiger charge is -2.11. The van der Waals surface area contributed by atoms with Gasteiger partial charge in [-0.05, 0) is 53.7 Å². The summed E-state index contributed by atoms with van der Waals surface area (Å²) in [6, 6.07) is 14.3. The molecular weight excluding hydrogens is 376 g/mol. The van der Waals surface area contributed by atoms with E-state index in [1.807, 2.05) is 30.5 Å². The number of amides is 1. The predicted octanol–water partition coefficient (Wildman–Crippen LogP) is 3.26. The molecule has 8 nitrogen and oxygen atoms in total. The molecule has 0 fully saturated rings. The van der Waals surface area contributed by atoms with Crippen molar-refractivity contribution in [3.63, 3.8) is 0 Å². The lowest BCUT2D eigenvalue weighted by molar-refractivity contribution is 0.102. The zero-order chi connectivity index (χ0) is 19.3. The first-order valence-corrected chi connectivity index (χ1v) is 9.34. The molecule has 2 heterocycles. The molecule has 0 aliphatic heterocycles. The molecule has 2 aromatic heterocycles. The van der Waals surface area contributed by atoms with Crippen molar-refractivity contribution in [2.75, 3.05) is 5.32 Å². The van der Waals surface area contributed by atoms with Crippen LogP contribution >= 0.6 is 11.3 Å². The summed E-state index contributed by atoms with van der Waals surface area (Å²) in [5, 5.41) is 16.8. The Hall–Kier alpha value is -3.59. The van der Waals surface area contributed by atoms with Gasteiger partial charge in [-0.15, -0.1) is 16.4 Å². The van der Waals surface area contributed by atoms with Gasteiger partial charge in [-0.25, -0.2) is 9.67 Å². The highest BCUT2D eigenvalue weighted by molar-refractivity contribution is 7.09. The van der Waals surface area contributed by atoms with Crippen LogP contribution < -0.4 is 10.1 Å². The smallest absolute Gasteiger partial charge is 0.259 e. The summed E-state index contributed by atoms with van der Waals surface area (Å²) in [4.78, 5) is 17.1. The SMILES string of the molecule is Cc1nc(COc2ccccc2C(=O)Nc2ccc(-n3cnnn3)cc2)cs1. The number of thiazole rings is 1. The van der Waals surface area contributed by atoms with Crippen LogP contribution in [0.1, 0.15) is 21.1 Å². The maximum Gasteiger partial charge on any atom is 0.259 e. The van der Waals surface area contributed by atoms with Crippen molar-refractivity contribution in [3.8, 4) is 11.4 Å². The van der Waals surface area contributed by atoms with Crippen molar-refractivity contribution in [2.45, 2.75) is 13.5 Å². The summed E-state index contributed by atoms with van der Waals surface area (Å²) < 4.78 is 7.36. The summed E-state index contributed by atoms with van der Waals surface area (Å²) in [5.74, 6) is 0.260. The minimum absolute atomic E-state index is 0.250. The summed E-state index contributed by atoms with van der Waals surface area (Å²) in [7, 11) is 0. The lowest BCUT2D eigenvalue weighted by Crippen LogP contribution is -2.13. The second-order valence-corrected chi connectivity index (χ2v) is 6.96. The average Bonchev–Trinajstić information content (AvgIpc) is 3.39. The van der Waals surface area contributed by atoms with E-state index in [1.54, 1.807) is 41.7 Å². The van der Waals surface area contributed by atoms with Gasteiger partial charge in [0.25, 0.3) is 5.91 Å². The molecule has 0 radical (unpaired) electrons. The molecule has 0 unspecified atom stereocenters. The van der Waals surface area contributed by atoms with E-state index < -0.39 is 0 Å². The summed E-state index contributed by atoms with van der Waals surface area (Å²) in [6.07, 6.45) is 1.50. The zero-order valence-corrected chi connectivity index (χ0v) is 15.8. The second kappa shape index (κ2) is 7.97. The number of rotatable bonds is 6. The number of hydrogen-bond donors (Lipinski definition) is 1. The number of ether oxygens (including phenoxy) is 1. The van der Waals surface area contributed by atoms with Crippen LogP contribution in [0, 0.1) is 6.92 Å². The zero-order valence-electron chi connectivity index (χ0n) is 14.9. The van der Waals surface area contributed by atoms with Crippen molar-refractivity contribution < 1.29 is 9.53 Å². The number of aryl methyl sites for hydroxylation is 1. The van der Waals surface area contributed by atoms with E-state index >= 15 is 0 Å². The molecule has 0 atom stereocenters. The molecule has 0 bridgehead atoms. The minimum atomic E-state index is -0.250. The van der Waals surface area contributed by atoms with Gasteiger partial charge in [0.2, 0.25) is 0 Å². The summed E-state index contributed by atoms with van der Waals surface area (Å²) in [5.41, 5.74) is 2.76. The quantitative estimate of drug-likeness (QED) is 0.541. The summed E-state index contributed by atoms with van der Waals surface area (Å²) in [6.45, 7) is 2.26. The molecule has 0 spiro atoms. The van der Waals surface area contributed by atoms with E-state index in [9.17, 15) is 4.79 Å². The maximum absolute atomic E-state index is 12.7. The van der Waals surface area contributed by atoms with Crippen LogP contribution in [0.4, 0.5) is 5.69 Å². The van der Waals surface area contributed by atoms with Crippen LogP contribution in [0.15, 0.2) is 60.2 Å². The molecule has 4 aromatic rings. The molecule has 140 valence electrons. The largest absolute Gasteiger partial charge is 0.486 e. The van der Waals surface area contributed by atoms with Crippen molar-refractivity contribution in [1.82, 2.24) is 25.2 Å². The van der Waals surface area contributed by atoms with Gasteiger partial charge >= 0.3 is 0 Å². The molecule has 0 aliphatic rings. The van der Waals surface area contributed by atoms with Gasteiger partial charge in [0.15, 0.2) is 0 Å². The predicted molar refractivity (Wildman–Crippen MR) is 105 cm³/mol. The minimum Gasteiger partial charge on any atom is -0.486 e. The molecule has 1 amide bonds. The Morgan fingerprint density at radius 2 is 2.00 bits per heavy atom. The van der Waals surface area contributed by atoms with Crippen molar-refractivity contribution in [3.05, 3.63) is 76.5 Å². The van der Waals surface area contributed by atoms with E-state index in [0.717, 1.165) is 16.4 Å². The van der Waals surface area contributed by atoms with Gasteiger partial charge in [-0.1, -0.05) is 12.1 Å². The van der Waals surface area contributed by atoms with Gasteiger partial charge in [0, 0.05) is 11.1 Å². The first kappa shape index (κ1) is 17.8. The Kier molecular flexibility index (Phi) is 5.07. The molecule has 0 saturated heterocycles. The third kappa shape index (κ3) is 4.04. The van der Waals surface area contributed by atoms with Crippen molar-refractivity contribution in [2.24, 2.45) is 0 Å². The fraction of sp³-hybridized carbons (Fsp3) is 0.105. The Morgan fingerprint density at radius 1 is 1.18 bits per heavy atom. The van der Waals surface area contributed by atoms with Crippen LogP contribution in [0.25, 0.3) is 5.69 Å². The highest BCUT2D eigenvalue weighted by Gasteiger charge is 2.13. The van der Waals surface area contributed by atoms with Crippen LogP contribution in [-0.2, 0) is 6.61 Å². The fourth-order valence-electron chi connectivity index (χ4n) is 2.58. The Morgan fingerprint density at radius 3 is 2.71 bits per heavy atom. The molecular formula is C19H16N6O2S. The van der Waals surface area contributed by atoms with E-state index in [1.165, 1.54) is 11.0 Å². The molecule has 9 heteroatoms. The number of aromatic nitrogens is 5. The standard InChI is InChI=1S/C19H16N6O2S/c1-13-21-15(11-28-13)10-27-18-5-3-2-4-17(18)19(26)22-14-6-8-16(9-7-14)25-12-20-23-24-25/h2-9,11-12H,10H2,1H3,(H,22,26). The van der Waals surface area contributed by atoms with Crippen molar-refractivity contribution >= 4 is 22.9 Å². The number of anilines is 1. The average molecular weight is 392 g/mol. The molecule has 4 rings (SSSR count). The molecule has 28 heavy (non-hydrogen) atoms. The van der Waals surface area contributed by atoms with E-state index in [4.69, 9.17) is 4.74 Å². The van der Waals surface area contributed by atoms with Crippen LogP contribution in [0.5, 0.6) is 5.75 Å². The van der Waals surface area contributed by atoms with Gasteiger partial charge < -0.3 is 10.1 Å². The van der Waals surface area contributed by atoms with Crippen LogP contribution in [-0.4, -0.2) is 31.1 Å². The highest BCUT2D eigenvalue weighted by Crippen LogP contribution is 2.22. The first-order valence-electron chi connectivity index (χ1n) is 8.46. The van der Waals surface area contributed by atoms with Crippen molar-refractivity contribution in [1.29, 1.82) is 0 Å². The number of nitrogens with one attached hydrogen (secondary N) is 1. The van der Waals surface area contributed by atoms with Gasteiger partial charge in [0.1, 0.15) is 18.7 Å².